The standard InChI is InChI=1S/C17H12O5/c1-21-17(20)11-7-12(18)16-13(19)9-14(22-15(16)8-11)10-5-3-2-4-6-10/h2-9,18H,1H3. The maximum Gasteiger partial charge on any atom is 0.338 e. The topological polar surface area (TPSA) is 76.7 Å². The molecular formula is C17H12O5. The number of benzene rings is 2. The molecule has 0 aliphatic carbocycles. The summed E-state index contributed by atoms with van der Waals surface area (Å²) >= 11 is 0. The summed E-state index contributed by atoms with van der Waals surface area (Å²) in [4.78, 5) is 23.8. The van der Waals surface area contributed by atoms with E-state index in [1.54, 1.807) is 12.1 Å². The molecule has 1 N–H and O–H groups in total. The summed E-state index contributed by atoms with van der Waals surface area (Å²) in [5.74, 6) is -0.573. The molecule has 2 aromatic carbocycles. The van der Waals surface area contributed by atoms with Crippen LogP contribution in [0.25, 0.3) is 22.3 Å². The number of methoxy groups -OCH3 is 1. The third kappa shape index (κ3) is 2.33. The lowest BCUT2D eigenvalue weighted by molar-refractivity contribution is 0.0600. The molecule has 0 atom stereocenters. The van der Waals surface area contributed by atoms with Crippen LogP contribution in [0.15, 0.2) is 57.7 Å². The van der Waals surface area contributed by atoms with Crippen molar-refractivity contribution in [2.45, 2.75) is 0 Å². The van der Waals surface area contributed by atoms with Gasteiger partial charge in [0.1, 0.15) is 22.5 Å². The first-order valence-electron chi connectivity index (χ1n) is 6.55. The minimum absolute atomic E-state index is 0.0346. The number of ether oxygens (including phenoxy) is 1. The summed E-state index contributed by atoms with van der Waals surface area (Å²) < 4.78 is 10.3. The third-order valence-corrected chi connectivity index (χ3v) is 3.29. The highest BCUT2D eigenvalue weighted by atomic mass is 16.5. The van der Waals surface area contributed by atoms with Gasteiger partial charge in [-0.3, -0.25) is 4.79 Å². The monoisotopic (exact) mass is 296 g/mol. The minimum Gasteiger partial charge on any atom is -0.507 e. The molecular weight excluding hydrogens is 284 g/mol. The fraction of sp³-hybridized carbons (Fsp3) is 0.0588. The molecule has 110 valence electrons. The predicted octanol–water partition coefficient (Wildman–Crippen LogP) is 2.95. The Kier molecular flexibility index (Phi) is 3.39. The highest BCUT2D eigenvalue weighted by Gasteiger charge is 2.15. The van der Waals surface area contributed by atoms with Gasteiger partial charge in [0.25, 0.3) is 0 Å². The first kappa shape index (κ1) is 13.9. The Labute approximate surface area is 125 Å². The highest BCUT2D eigenvalue weighted by molar-refractivity contribution is 5.96. The van der Waals surface area contributed by atoms with E-state index in [9.17, 15) is 14.7 Å². The molecule has 0 bridgehead atoms. The third-order valence-electron chi connectivity index (χ3n) is 3.29. The van der Waals surface area contributed by atoms with Crippen LogP contribution in [0.2, 0.25) is 0 Å². The van der Waals surface area contributed by atoms with Gasteiger partial charge in [-0.05, 0) is 12.1 Å². The molecule has 0 radical (unpaired) electrons. The maximum atomic E-state index is 12.2. The van der Waals surface area contributed by atoms with Crippen LogP contribution in [0.3, 0.4) is 0 Å². The molecule has 3 aromatic rings. The largest absolute Gasteiger partial charge is 0.507 e. The Bertz CT molecular complexity index is 909. The van der Waals surface area contributed by atoms with Crippen LogP contribution in [0.4, 0.5) is 0 Å². The van der Waals surface area contributed by atoms with Crippen molar-refractivity contribution >= 4 is 16.9 Å². The van der Waals surface area contributed by atoms with Gasteiger partial charge in [-0.15, -0.1) is 0 Å². The SMILES string of the molecule is COC(=O)c1cc(O)c2c(=O)cc(-c3ccccc3)oc2c1. The Morgan fingerprint density at radius 1 is 1.14 bits per heavy atom. The van der Waals surface area contributed by atoms with E-state index in [2.05, 4.69) is 4.74 Å². The molecule has 1 aromatic heterocycles. The number of carbonyl (C=O) groups excluding carboxylic acids is 1. The molecule has 1 heterocycles. The van der Waals surface area contributed by atoms with E-state index in [0.717, 1.165) is 5.56 Å². The maximum absolute atomic E-state index is 12.2. The van der Waals surface area contributed by atoms with Gasteiger partial charge < -0.3 is 14.3 Å². The van der Waals surface area contributed by atoms with E-state index in [4.69, 9.17) is 4.42 Å². The smallest absolute Gasteiger partial charge is 0.338 e. The predicted molar refractivity (Wildman–Crippen MR) is 80.9 cm³/mol. The molecule has 0 fully saturated rings. The second kappa shape index (κ2) is 5.37. The molecule has 0 aliphatic heterocycles. The van der Waals surface area contributed by atoms with Gasteiger partial charge in [0.15, 0.2) is 5.43 Å². The van der Waals surface area contributed by atoms with Crippen LogP contribution in [0.1, 0.15) is 10.4 Å². The van der Waals surface area contributed by atoms with E-state index >= 15 is 0 Å². The first-order valence-corrected chi connectivity index (χ1v) is 6.55. The quantitative estimate of drug-likeness (QED) is 0.736. The number of hydrogen-bond donors (Lipinski definition) is 1. The molecule has 0 amide bonds. The number of carbonyl (C=O) groups is 1. The number of rotatable bonds is 2. The zero-order valence-corrected chi connectivity index (χ0v) is 11.7. The van der Waals surface area contributed by atoms with Crippen LogP contribution in [0.5, 0.6) is 5.75 Å². The molecule has 22 heavy (non-hydrogen) atoms. The molecule has 0 unspecified atom stereocenters. The van der Waals surface area contributed by atoms with E-state index in [0.29, 0.717) is 5.76 Å². The second-order valence-corrected chi connectivity index (χ2v) is 4.70. The number of aromatic hydroxyl groups is 1. The molecule has 0 saturated heterocycles. The van der Waals surface area contributed by atoms with Crippen LogP contribution >= 0.6 is 0 Å². The number of phenols is 1. The zero-order chi connectivity index (χ0) is 15.7. The van der Waals surface area contributed by atoms with E-state index < -0.39 is 5.97 Å². The lowest BCUT2D eigenvalue weighted by Gasteiger charge is -2.06. The number of fused-ring (bicyclic) bond motifs is 1. The van der Waals surface area contributed by atoms with Gasteiger partial charge in [0, 0.05) is 11.6 Å². The lowest BCUT2D eigenvalue weighted by Crippen LogP contribution is -2.05. The summed E-state index contributed by atoms with van der Waals surface area (Å²) in [6.07, 6.45) is 0. The van der Waals surface area contributed by atoms with Gasteiger partial charge in [0.2, 0.25) is 0 Å². The van der Waals surface area contributed by atoms with Gasteiger partial charge in [-0.1, -0.05) is 30.3 Å². The van der Waals surface area contributed by atoms with Gasteiger partial charge in [-0.25, -0.2) is 4.79 Å². The fourth-order valence-corrected chi connectivity index (χ4v) is 2.25. The Hall–Kier alpha value is -3.08. The zero-order valence-electron chi connectivity index (χ0n) is 11.7. The van der Waals surface area contributed by atoms with Crippen molar-refractivity contribution in [3.63, 3.8) is 0 Å². The van der Waals surface area contributed by atoms with Crippen molar-refractivity contribution in [1.29, 1.82) is 0 Å². The highest BCUT2D eigenvalue weighted by Crippen LogP contribution is 2.28. The lowest BCUT2D eigenvalue weighted by atomic mass is 10.1. The van der Waals surface area contributed by atoms with Crippen molar-refractivity contribution in [3.05, 3.63) is 64.3 Å². The molecule has 5 nitrogen and oxygen atoms in total. The van der Waals surface area contributed by atoms with Crippen LogP contribution < -0.4 is 5.43 Å². The van der Waals surface area contributed by atoms with Crippen LogP contribution in [-0.2, 0) is 4.74 Å². The van der Waals surface area contributed by atoms with Crippen molar-refractivity contribution in [3.8, 4) is 17.1 Å². The minimum atomic E-state index is -0.620. The average Bonchev–Trinajstić information content (AvgIpc) is 2.54. The van der Waals surface area contributed by atoms with E-state index in [-0.39, 0.29) is 27.7 Å². The first-order chi connectivity index (χ1) is 10.6. The van der Waals surface area contributed by atoms with E-state index in [1.807, 2.05) is 18.2 Å². The summed E-state index contributed by atoms with van der Waals surface area (Å²) in [7, 11) is 1.24. The Balaban J connectivity index is 2.28. The summed E-state index contributed by atoms with van der Waals surface area (Å²) in [5.41, 5.74) is 0.589. The van der Waals surface area contributed by atoms with Gasteiger partial charge >= 0.3 is 5.97 Å². The van der Waals surface area contributed by atoms with Crippen molar-refractivity contribution in [2.75, 3.05) is 7.11 Å². The molecule has 0 spiro atoms. The molecule has 3 rings (SSSR count). The Morgan fingerprint density at radius 3 is 2.55 bits per heavy atom. The molecule has 5 heteroatoms. The summed E-state index contributed by atoms with van der Waals surface area (Å²) in [6.45, 7) is 0. The van der Waals surface area contributed by atoms with Crippen LogP contribution in [0, 0.1) is 0 Å². The Morgan fingerprint density at radius 2 is 1.86 bits per heavy atom. The molecule has 0 saturated carbocycles. The summed E-state index contributed by atoms with van der Waals surface area (Å²) in [6, 6.07) is 13.0. The van der Waals surface area contributed by atoms with Crippen LogP contribution in [-0.4, -0.2) is 18.2 Å². The average molecular weight is 296 g/mol. The van der Waals surface area contributed by atoms with Crippen molar-refractivity contribution in [2.24, 2.45) is 0 Å². The number of hydrogen-bond acceptors (Lipinski definition) is 5. The summed E-state index contributed by atoms with van der Waals surface area (Å²) in [5, 5.41) is 10.0. The molecule has 0 aliphatic rings. The van der Waals surface area contributed by atoms with Crippen molar-refractivity contribution < 1.29 is 19.1 Å². The number of phenolic OH excluding ortho intramolecular Hbond substituents is 1. The van der Waals surface area contributed by atoms with Crippen molar-refractivity contribution in [1.82, 2.24) is 0 Å². The van der Waals surface area contributed by atoms with Gasteiger partial charge in [-0.2, -0.15) is 0 Å². The van der Waals surface area contributed by atoms with Gasteiger partial charge in [0.05, 0.1) is 12.7 Å². The normalized spacial score (nSPS) is 10.6. The fourth-order valence-electron chi connectivity index (χ4n) is 2.25. The van der Waals surface area contributed by atoms with E-state index in [1.165, 1.54) is 25.3 Å². The number of esters is 1. The second-order valence-electron chi connectivity index (χ2n) is 4.70.